The first-order chi connectivity index (χ1) is 15.6. The number of aromatic nitrogens is 2. The van der Waals surface area contributed by atoms with Crippen LogP contribution in [-0.2, 0) is 0 Å². The van der Waals surface area contributed by atoms with Gasteiger partial charge in [0.1, 0.15) is 0 Å². The van der Waals surface area contributed by atoms with E-state index in [1.54, 1.807) is 12.1 Å². The molecule has 1 fully saturated rings. The lowest BCUT2D eigenvalue weighted by Gasteiger charge is -2.15. The summed E-state index contributed by atoms with van der Waals surface area (Å²) in [6.45, 7) is 2.05. The summed E-state index contributed by atoms with van der Waals surface area (Å²) in [6, 6.07) is 14.7. The quantitative estimate of drug-likeness (QED) is 0.601. The van der Waals surface area contributed by atoms with Gasteiger partial charge in [0.25, 0.3) is 5.91 Å². The van der Waals surface area contributed by atoms with Crippen LogP contribution < -0.4 is 24.4 Å². The standard InChI is InChI=1S/C24H26N4O4/c1-30-20-14-17(15-21(31-2)23(20)32-3)24(29)25-18-8-6-7-16(13-18)19-9-10-22(27-26-19)28-11-4-5-12-28/h6-10,13-15H,4-5,11-12H2,1-3H3,(H,25,29). The summed E-state index contributed by atoms with van der Waals surface area (Å²) < 4.78 is 16.0. The van der Waals surface area contributed by atoms with Crippen molar-refractivity contribution < 1.29 is 19.0 Å². The molecule has 0 spiro atoms. The van der Waals surface area contributed by atoms with Crippen LogP contribution in [0.1, 0.15) is 23.2 Å². The van der Waals surface area contributed by atoms with Gasteiger partial charge < -0.3 is 24.4 Å². The Balaban J connectivity index is 1.53. The Morgan fingerprint density at radius 2 is 1.62 bits per heavy atom. The fourth-order valence-electron chi connectivity index (χ4n) is 3.77. The molecule has 0 bridgehead atoms. The zero-order chi connectivity index (χ0) is 22.5. The maximum atomic E-state index is 12.9. The van der Waals surface area contributed by atoms with E-state index >= 15 is 0 Å². The molecule has 2 heterocycles. The monoisotopic (exact) mass is 434 g/mol. The van der Waals surface area contributed by atoms with Gasteiger partial charge in [-0.3, -0.25) is 4.79 Å². The van der Waals surface area contributed by atoms with E-state index in [9.17, 15) is 4.79 Å². The molecule has 0 saturated carbocycles. The molecular formula is C24H26N4O4. The minimum absolute atomic E-state index is 0.295. The summed E-state index contributed by atoms with van der Waals surface area (Å²) in [5.74, 6) is 1.87. The largest absolute Gasteiger partial charge is 0.493 e. The molecule has 166 valence electrons. The number of rotatable bonds is 7. The second-order valence-electron chi connectivity index (χ2n) is 7.42. The number of nitrogens with one attached hydrogen (secondary N) is 1. The second-order valence-corrected chi connectivity index (χ2v) is 7.42. The number of carbonyl (C=O) groups is 1. The summed E-state index contributed by atoms with van der Waals surface area (Å²) in [6.07, 6.45) is 2.38. The van der Waals surface area contributed by atoms with Crippen molar-refractivity contribution in [2.45, 2.75) is 12.8 Å². The molecule has 1 aliphatic heterocycles. The number of carbonyl (C=O) groups excluding carboxylic acids is 1. The van der Waals surface area contributed by atoms with Crippen LogP contribution in [-0.4, -0.2) is 50.5 Å². The van der Waals surface area contributed by atoms with Crippen LogP contribution in [0.5, 0.6) is 17.2 Å². The van der Waals surface area contributed by atoms with Crippen LogP contribution in [0.4, 0.5) is 11.5 Å². The Morgan fingerprint density at radius 3 is 2.22 bits per heavy atom. The molecule has 0 radical (unpaired) electrons. The number of ether oxygens (including phenoxy) is 3. The lowest BCUT2D eigenvalue weighted by molar-refractivity contribution is 0.102. The van der Waals surface area contributed by atoms with Crippen molar-refractivity contribution in [3.05, 3.63) is 54.1 Å². The van der Waals surface area contributed by atoms with Crippen LogP contribution >= 0.6 is 0 Å². The highest BCUT2D eigenvalue weighted by atomic mass is 16.5. The number of hydrogen-bond acceptors (Lipinski definition) is 7. The molecule has 0 aliphatic carbocycles. The van der Waals surface area contributed by atoms with Crippen molar-refractivity contribution in [2.75, 3.05) is 44.6 Å². The second kappa shape index (κ2) is 9.55. The molecule has 1 saturated heterocycles. The van der Waals surface area contributed by atoms with Gasteiger partial charge in [0.2, 0.25) is 5.75 Å². The molecule has 4 rings (SSSR count). The van der Waals surface area contributed by atoms with Crippen molar-refractivity contribution in [2.24, 2.45) is 0 Å². The van der Waals surface area contributed by atoms with Gasteiger partial charge in [-0.05, 0) is 49.2 Å². The molecule has 0 unspecified atom stereocenters. The third-order valence-corrected chi connectivity index (χ3v) is 5.42. The van der Waals surface area contributed by atoms with Crippen molar-refractivity contribution >= 4 is 17.4 Å². The van der Waals surface area contributed by atoms with Crippen molar-refractivity contribution in [1.82, 2.24) is 10.2 Å². The summed E-state index contributed by atoms with van der Waals surface area (Å²) in [4.78, 5) is 15.1. The molecule has 1 aliphatic rings. The van der Waals surface area contributed by atoms with Gasteiger partial charge in [0.05, 0.1) is 27.0 Å². The summed E-state index contributed by atoms with van der Waals surface area (Å²) in [5, 5.41) is 11.7. The Hall–Kier alpha value is -3.81. The average molecular weight is 434 g/mol. The minimum Gasteiger partial charge on any atom is -0.493 e. The third kappa shape index (κ3) is 4.44. The van der Waals surface area contributed by atoms with Crippen molar-refractivity contribution in [3.8, 4) is 28.5 Å². The van der Waals surface area contributed by atoms with E-state index in [2.05, 4.69) is 20.4 Å². The maximum Gasteiger partial charge on any atom is 0.255 e. The molecule has 0 atom stereocenters. The van der Waals surface area contributed by atoms with E-state index in [0.29, 0.717) is 28.5 Å². The van der Waals surface area contributed by atoms with Crippen molar-refractivity contribution in [3.63, 3.8) is 0 Å². The molecule has 32 heavy (non-hydrogen) atoms. The van der Waals surface area contributed by atoms with Gasteiger partial charge in [0, 0.05) is 29.9 Å². The summed E-state index contributed by atoms with van der Waals surface area (Å²) in [5.41, 5.74) is 2.65. The molecule has 8 nitrogen and oxygen atoms in total. The highest BCUT2D eigenvalue weighted by Gasteiger charge is 2.18. The SMILES string of the molecule is COc1cc(C(=O)Nc2cccc(-c3ccc(N4CCCC4)nn3)c2)cc(OC)c1OC. The van der Waals surface area contributed by atoms with Gasteiger partial charge in [-0.15, -0.1) is 10.2 Å². The highest BCUT2D eigenvalue weighted by Crippen LogP contribution is 2.38. The number of methoxy groups -OCH3 is 3. The van der Waals surface area contributed by atoms with Crippen LogP contribution in [0, 0.1) is 0 Å². The smallest absolute Gasteiger partial charge is 0.255 e. The van der Waals surface area contributed by atoms with Gasteiger partial charge in [0.15, 0.2) is 17.3 Å². The minimum atomic E-state index is -0.295. The number of hydrogen-bond donors (Lipinski definition) is 1. The molecule has 1 amide bonds. The van der Waals surface area contributed by atoms with E-state index in [4.69, 9.17) is 14.2 Å². The van der Waals surface area contributed by atoms with Gasteiger partial charge in [-0.25, -0.2) is 0 Å². The van der Waals surface area contributed by atoms with Crippen LogP contribution in [0.25, 0.3) is 11.3 Å². The molecule has 1 aromatic heterocycles. The molecule has 3 aromatic rings. The van der Waals surface area contributed by atoms with E-state index < -0.39 is 0 Å². The van der Waals surface area contributed by atoms with Gasteiger partial charge >= 0.3 is 0 Å². The zero-order valence-electron chi connectivity index (χ0n) is 18.4. The van der Waals surface area contributed by atoms with Crippen LogP contribution in [0.2, 0.25) is 0 Å². The number of benzene rings is 2. The lowest BCUT2D eigenvalue weighted by Crippen LogP contribution is -2.19. The third-order valence-electron chi connectivity index (χ3n) is 5.42. The first-order valence-corrected chi connectivity index (χ1v) is 10.4. The Bertz CT molecular complexity index is 1070. The first-order valence-electron chi connectivity index (χ1n) is 10.4. The van der Waals surface area contributed by atoms with Gasteiger partial charge in [-0.2, -0.15) is 0 Å². The molecule has 1 N–H and O–H groups in total. The Kier molecular flexibility index (Phi) is 6.39. The fraction of sp³-hybridized carbons (Fsp3) is 0.292. The van der Waals surface area contributed by atoms with Crippen LogP contribution in [0.3, 0.4) is 0 Å². The summed E-state index contributed by atoms with van der Waals surface area (Å²) in [7, 11) is 4.54. The van der Waals surface area contributed by atoms with E-state index in [1.807, 2.05) is 36.4 Å². The maximum absolute atomic E-state index is 12.9. The molecule has 2 aromatic carbocycles. The predicted octanol–water partition coefficient (Wildman–Crippen LogP) is 4.02. The Morgan fingerprint density at radius 1 is 0.906 bits per heavy atom. The average Bonchev–Trinajstić information content (AvgIpc) is 3.38. The predicted molar refractivity (Wildman–Crippen MR) is 123 cm³/mol. The molecule has 8 heteroatoms. The number of amides is 1. The Labute approximate surface area is 187 Å². The van der Waals surface area contributed by atoms with Crippen LogP contribution in [0.15, 0.2) is 48.5 Å². The first kappa shape index (κ1) is 21.4. The fourth-order valence-corrected chi connectivity index (χ4v) is 3.77. The van der Waals surface area contributed by atoms with Gasteiger partial charge in [-0.1, -0.05) is 12.1 Å². The zero-order valence-corrected chi connectivity index (χ0v) is 18.4. The topological polar surface area (TPSA) is 85.8 Å². The number of anilines is 2. The van der Waals surface area contributed by atoms with E-state index in [1.165, 1.54) is 34.2 Å². The van der Waals surface area contributed by atoms with E-state index in [-0.39, 0.29) is 5.91 Å². The summed E-state index contributed by atoms with van der Waals surface area (Å²) >= 11 is 0. The lowest BCUT2D eigenvalue weighted by atomic mass is 10.1. The normalized spacial score (nSPS) is 13.0. The van der Waals surface area contributed by atoms with E-state index in [0.717, 1.165) is 30.2 Å². The number of nitrogens with zero attached hydrogens (tertiary/aromatic N) is 3. The highest BCUT2D eigenvalue weighted by molar-refractivity contribution is 6.05. The van der Waals surface area contributed by atoms with Crippen molar-refractivity contribution in [1.29, 1.82) is 0 Å². The molecular weight excluding hydrogens is 408 g/mol.